The maximum Gasteiger partial charge on any atom is 0.243 e. The van der Waals surface area contributed by atoms with Crippen molar-refractivity contribution in [3.05, 3.63) is 41.8 Å². The van der Waals surface area contributed by atoms with Gasteiger partial charge >= 0.3 is 0 Å². The summed E-state index contributed by atoms with van der Waals surface area (Å²) in [4.78, 5) is 4.81. The lowest BCUT2D eigenvalue weighted by Gasteiger charge is -2.05. The molecule has 0 saturated carbocycles. The summed E-state index contributed by atoms with van der Waals surface area (Å²) in [6, 6.07) is 6.30. The first-order valence-corrected chi connectivity index (χ1v) is 7.63. The molecule has 114 valence electrons. The average molecular weight is 311 g/mol. The number of hydrogen-bond donors (Lipinski definition) is 1. The molecule has 1 unspecified atom stereocenters. The molecule has 0 aliphatic heterocycles. The molecule has 0 fully saturated rings. The first-order valence-electron chi connectivity index (χ1n) is 6.65. The Bertz CT molecular complexity index is 565. The molecular formula is C14H18FN3O2S. The van der Waals surface area contributed by atoms with E-state index in [0.29, 0.717) is 29.0 Å². The Morgan fingerprint density at radius 3 is 3.00 bits per heavy atom. The number of aromatic nitrogens is 2. The lowest BCUT2D eigenvalue weighted by atomic mass is 10.2. The van der Waals surface area contributed by atoms with Crippen LogP contribution in [0.25, 0.3) is 0 Å². The van der Waals surface area contributed by atoms with Gasteiger partial charge in [-0.1, -0.05) is 17.3 Å². The Kier molecular flexibility index (Phi) is 6.16. The van der Waals surface area contributed by atoms with Crippen LogP contribution in [0, 0.1) is 5.82 Å². The van der Waals surface area contributed by atoms with Gasteiger partial charge in [0.2, 0.25) is 5.89 Å². The Balaban J connectivity index is 1.87. The summed E-state index contributed by atoms with van der Waals surface area (Å²) in [5, 5.41) is 3.87. The summed E-state index contributed by atoms with van der Waals surface area (Å²) in [6.07, 6.45) is 1.55. The molecule has 5 nitrogen and oxygen atoms in total. The van der Waals surface area contributed by atoms with E-state index in [1.807, 2.05) is 0 Å². The van der Waals surface area contributed by atoms with E-state index in [1.165, 1.54) is 17.8 Å². The van der Waals surface area contributed by atoms with Gasteiger partial charge in [0.15, 0.2) is 5.82 Å². The lowest BCUT2D eigenvalue weighted by Crippen LogP contribution is -2.11. The minimum absolute atomic E-state index is 0.248. The number of ether oxygens (including phenoxy) is 1. The number of benzene rings is 1. The van der Waals surface area contributed by atoms with Gasteiger partial charge in [-0.15, -0.1) is 11.8 Å². The first kappa shape index (κ1) is 15.9. The molecule has 0 aliphatic rings. The molecule has 1 aromatic heterocycles. The largest absolute Gasteiger partial charge is 0.385 e. The molecule has 1 atom stereocenters. The van der Waals surface area contributed by atoms with Crippen LogP contribution in [0.4, 0.5) is 4.39 Å². The third-order valence-corrected chi connectivity index (χ3v) is 3.90. The van der Waals surface area contributed by atoms with Gasteiger partial charge in [-0.2, -0.15) is 4.98 Å². The molecule has 0 radical (unpaired) electrons. The van der Waals surface area contributed by atoms with Gasteiger partial charge in [-0.05, 0) is 25.0 Å². The van der Waals surface area contributed by atoms with Crippen molar-refractivity contribution in [1.82, 2.24) is 10.1 Å². The Morgan fingerprint density at radius 2 is 2.24 bits per heavy atom. The molecule has 0 spiro atoms. The number of nitrogens with zero attached hydrogens (tertiary/aromatic N) is 2. The zero-order valence-electron chi connectivity index (χ0n) is 11.8. The van der Waals surface area contributed by atoms with Crippen molar-refractivity contribution in [1.29, 1.82) is 0 Å². The summed E-state index contributed by atoms with van der Waals surface area (Å²) >= 11 is 1.33. The van der Waals surface area contributed by atoms with E-state index in [4.69, 9.17) is 15.0 Å². The van der Waals surface area contributed by atoms with Gasteiger partial charge in [0.25, 0.3) is 0 Å². The van der Waals surface area contributed by atoms with E-state index in [1.54, 1.807) is 25.3 Å². The fraction of sp³-hybridized carbons (Fsp3) is 0.429. The van der Waals surface area contributed by atoms with E-state index in [-0.39, 0.29) is 11.9 Å². The number of nitrogens with two attached hydrogens (primary N) is 1. The number of rotatable bonds is 8. The quantitative estimate of drug-likeness (QED) is 0.597. The molecule has 0 aliphatic carbocycles. The zero-order valence-corrected chi connectivity index (χ0v) is 12.6. The van der Waals surface area contributed by atoms with Gasteiger partial charge in [0.05, 0.1) is 11.8 Å². The van der Waals surface area contributed by atoms with Crippen LogP contribution >= 0.6 is 11.8 Å². The smallest absolute Gasteiger partial charge is 0.243 e. The van der Waals surface area contributed by atoms with E-state index in [0.717, 1.165) is 12.8 Å². The SMILES string of the molecule is COCCCC(N)c1nc(CSc2ccccc2F)no1. The highest BCUT2D eigenvalue weighted by atomic mass is 32.2. The second-order valence-corrected chi connectivity index (χ2v) is 5.53. The van der Waals surface area contributed by atoms with Crippen LogP contribution in [0.5, 0.6) is 0 Å². The van der Waals surface area contributed by atoms with Crippen LogP contribution in [-0.4, -0.2) is 23.9 Å². The normalized spacial score (nSPS) is 12.5. The van der Waals surface area contributed by atoms with Gasteiger partial charge in [0.1, 0.15) is 5.82 Å². The van der Waals surface area contributed by atoms with E-state index >= 15 is 0 Å². The molecule has 21 heavy (non-hydrogen) atoms. The molecule has 0 saturated heterocycles. The van der Waals surface area contributed by atoms with Crippen LogP contribution in [0.1, 0.15) is 30.6 Å². The Labute approximate surface area is 127 Å². The van der Waals surface area contributed by atoms with E-state index in [2.05, 4.69) is 10.1 Å². The molecule has 7 heteroatoms. The van der Waals surface area contributed by atoms with E-state index in [9.17, 15) is 4.39 Å². The average Bonchev–Trinajstić information content (AvgIpc) is 2.95. The first-order chi connectivity index (χ1) is 10.2. The van der Waals surface area contributed by atoms with Gasteiger partial charge in [0, 0.05) is 18.6 Å². The van der Waals surface area contributed by atoms with Crippen LogP contribution in [0.15, 0.2) is 33.7 Å². The second-order valence-electron chi connectivity index (χ2n) is 4.51. The maximum atomic E-state index is 13.5. The highest BCUT2D eigenvalue weighted by Gasteiger charge is 2.15. The lowest BCUT2D eigenvalue weighted by molar-refractivity contribution is 0.188. The van der Waals surface area contributed by atoms with Crippen LogP contribution in [-0.2, 0) is 10.5 Å². The van der Waals surface area contributed by atoms with Crippen molar-refractivity contribution in [2.45, 2.75) is 29.5 Å². The van der Waals surface area contributed by atoms with E-state index < -0.39 is 0 Å². The molecular weight excluding hydrogens is 293 g/mol. The van der Waals surface area contributed by atoms with Crippen molar-refractivity contribution < 1.29 is 13.7 Å². The number of thioether (sulfide) groups is 1. The molecule has 0 bridgehead atoms. The maximum absolute atomic E-state index is 13.5. The zero-order chi connectivity index (χ0) is 15.1. The summed E-state index contributed by atoms with van der Waals surface area (Å²) < 4.78 is 23.6. The minimum atomic E-state index is -0.292. The summed E-state index contributed by atoms with van der Waals surface area (Å²) in [6.45, 7) is 0.651. The topological polar surface area (TPSA) is 74.2 Å². The second kappa shape index (κ2) is 8.11. The number of hydrogen-bond acceptors (Lipinski definition) is 6. The van der Waals surface area contributed by atoms with Crippen molar-refractivity contribution >= 4 is 11.8 Å². The summed E-state index contributed by atoms with van der Waals surface area (Å²) in [7, 11) is 1.65. The van der Waals surface area contributed by atoms with Crippen LogP contribution < -0.4 is 5.73 Å². The van der Waals surface area contributed by atoms with Crippen molar-refractivity contribution in [2.75, 3.05) is 13.7 Å². The number of methoxy groups -OCH3 is 1. The third kappa shape index (κ3) is 4.80. The van der Waals surface area contributed by atoms with Gasteiger partial charge in [-0.25, -0.2) is 4.39 Å². The molecule has 2 rings (SSSR count). The predicted octanol–water partition coefficient (Wildman–Crippen LogP) is 2.93. The highest BCUT2D eigenvalue weighted by molar-refractivity contribution is 7.98. The highest BCUT2D eigenvalue weighted by Crippen LogP contribution is 2.24. The third-order valence-electron chi connectivity index (χ3n) is 2.86. The van der Waals surface area contributed by atoms with Crippen LogP contribution in [0.2, 0.25) is 0 Å². The monoisotopic (exact) mass is 311 g/mol. The standard InChI is InChI=1S/C14H18FN3O2S/c1-19-8-4-6-11(16)14-17-13(18-20-14)9-21-12-7-3-2-5-10(12)15/h2-3,5,7,11H,4,6,8-9,16H2,1H3. The van der Waals surface area contributed by atoms with Crippen LogP contribution in [0.3, 0.4) is 0 Å². The molecule has 1 heterocycles. The Morgan fingerprint density at radius 1 is 1.43 bits per heavy atom. The predicted molar refractivity (Wildman–Crippen MR) is 78.3 cm³/mol. The fourth-order valence-corrected chi connectivity index (χ4v) is 2.53. The van der Waals surface area contributed by atoms with Crippen molar-refractivity contribution in [3.63, 3.8) is 0 Å². The summed E-state index contributed by atoms with van der Waals surface area (Å²) in [5.41, 5.74) is 5.96. The fourth-order valence-electron chi connectivity index (χ4n) is 1.75. The molecule has 1 aromatic carbocycles. The molecule has 0 amide bonds. The minimum Gasteiger partial charge on any atom is -0.385 e. The Hall–Kier alpha value is -1.44. The molecule has 2 aromatic rings. The molecule has 2 N–H and O–H groups in total. The number of halogens is 1. The van der Waals surface area contributed by atoms with Gasteiger partial charge < -0.3 is 15.0 Å². The van der Waals surface area contributed by atoms with Crippen molar-refractivity contribution in [3.8, 4) is 0 Å². The summed E-state index contributed by atoms with van der Waals surface area (Å²) in [5.74, 6) is 1.12. The van der Waals surface area contributed by atoms with Gasteiger partial charge in [-0.3, -0.25) is 0 Å². The van der Waals surface area contributed by atoms with Crippen molar-refractivity contribution in [2.24, 2.45) is 5.73 Å².